The Hall–Kier alpha value is -1.15. The first-order chi connectivity index (χ1) is 6.77. The first kappa shape index (κ1) is 10.9. The van der Waals surface area contributed by atoms with Crippen LogP contribution in [0.25, 0.3) is 0 Å². The number of ether oxygens (including phenoxy) is 1. The van der Waals surface area contributed by atoms with E-state index >= 15 is 0 Å². The molecule has 0 aliphatic heterocycles. The van der Waals surface area contributed by atoms with Crippen molar-refractivity contribution in [2.24, 2.45) is 0 Å². The molecule has 1 nitrogen and oxygen atoms in total. The molecule has 0 heterocycles. The lowest BCUT2D eigenvalue weighted by Gasteiger charge is -2.05. The molecular weight excluding hydrogens is 192 g/mol. The van der Waals surface area contributed by atoms with Crippen molar-refractivity contribution >= 4 is 17.3 Å². The molecule has 0 fully saturated rings. The fourth-order valence-corrected chi connectivity index (χ4v) is 1.45. The van der Waals surface area contributed by atoms with E-state index < -0.39 is 0 Å². The maximum Gasteiger partial charge on any atom is 0.191 e. The van der Waals surface area contributed by atoms with Gasteiger partial charge in [-0.3, -0.25) is 0 Å². The van der Waals surface area contributed by atoms with Crippen molar-refractivity contribution in [3.63, 3.8) is 0 Å². The van der Waals surface area contributed by atoms with Crippen LogP contribution in [0.2, 0.25) is 0 Å². The summed E-state index contributed by atoms with van der Waals surface area (Å²) in [4.78, 5) is 0. The highest BCUT2D eigenvalue weighted by atomic mass is 32.1. The Morgan fingerprint density at radius 1 is 1.57 bits per heavy atom. The van der Waals surface area contributed by atoms with E-state index in [2.05, 4.69) is 12.6 Å². The SMILES string of the molecule is C=CCc1cccc(C(=S)OCC)c1. The van der Waals surface area contributed by atoms with Gasteiger partial charge in [0.2, 0.25) is 0 Å². The average molecular weight is 206 g/mol. The first-order valence-electron chi connectivity index (χ1n) is 4.65. The number of hydrogen-bond acceptors (Lipinski definition) is 2. The largest absolute Gasteiger partial charge is 0.483 e. The quantitative estimate of drug-likeness (QED) is 0.553. The van der Waals surface area contributed by atoms with Gasteiger partial charge in [-0.2, -0.15) is 0 Å². The number of allylic oxidation sites excluding steroid dienone is 1. The Balaban J connectivity index is 2.82. The van der Waals surface area contributed by atoms with Gasteiger partial charge >= 0.3 is 0 Å². The van der Waals surface area contributed by atoms with E-state index in [4.69, 9.17) is 17.0 Å². The van der Waals surface area contributed by atoms with E-state index in [0.29, 0.717) is 11.7 Å². The monoisotopic (exact) mass is 206 g/mol. The van der Waals surface area contributed by atoms with Gasteiger partial charge in [-0.25, -0.2) is 0 Å². The predicted molar refractivity (Wildman–Crippen MR) is 63.7 cm³/mol. The van der Waals surface area contributed by atoms with E-state index in [-0.39, 0.29) is 0 Å². The third-order valence-corrected chi connectivity index (χ3v) is 2.17. The van der Waals surface area contributed by atoms with Crippen molar-refractivity contribution < 1.29 is 4.74 Å². The molecule has 0 atom stereocenters. The second-order valence-electron chi connectivity index (χ2n) is 2.91. The van der Waals surface area contributed by atoms with Gasteiger partial charge in [0, 0.05) is 5.56 Å². The standard InChI is InChI=1S/C12H14OS/c1-3-6-10-7-5-8-11(9-10)12(14)13-4-2/h3,5,7-9H,1,4,6H2,2H3. The highest BCUT2D eigenvalue weighted by Crippen LogP contribution is 2.08. The molecule has 0 aliphatic carbocycles. The van der Waals surface area contributed by atoms with E-state index in [1.165, 1.54) is 5.56 Å². The summed E-state index contributed by atoms with van der Waals surface area (Å²) in [5, 5.41) is 0.568. The molecular formula is C12H14OS. The van der Waals surface area contributed by atoms with Crippen molar-refractivity contribution in [1.82, 2.24) is 0 Å². The van der Waals surface area contributed by atoms with E-state index in [0.717, 1.165) is 12.0 Å². The minimum Gasteiger partial charge on any atom is -0.483 e. The normalized spacial score (nSPS) is 9.50. The van der Waals surface area contributed by atoms with Crippen LogP contribution in [-0.4, -0.2) is 11.7 Å². The van der Waals surface area contributed by atoms with Crippen molar-refractivity contribution in [2.75, 3.05) is 6.61 Å². The van der Waals surface area contributed by atoms with Crippen LogP contribution in [0.4, 0.5) is 0 Å². The van der Waals surface area contributed by atoms with Crippen LogP contribution < -0.4 is 0 Å². The second kappa shape index (κ2) is 5.55. The van der Waals surface area contributed by atoms with Gasteiger partial charge in [-0.05, 0) is 37.2 Å². The van der Waals surface area contributed by atoms with Crippen LogP contribution in [-0.2, 0) is 11.2 Å². The molecule has 14 heavy (non-hydrogen) atoms. The third-order valence-electron chi connectivity index (χ3n) is 1.82. The zero-order valence-corrected chi connectivity index (χ0v) is 9.14. The number of benzene rings is 1. The molecule has 2 heteroatoms. The zero-order valence-electron chi connectivity index (χ0n) is 8.32. The molecule has 0 amide bonds. The number of rotatable bonds is 4. The smallest absolute Gasteiger partial charge is 0.191 e. The Morgan fingerprint density at radius 2 is 2.36 bits per heavy atom. The Bertz CT molecular complexity index is 331. The number of thiocarbonyl (C=S) groups is 1. The minimum absolute atomic E-state index is 0.568. The molecule has 0 spiro atoms. The van der Waals surface area contributed by atoms with Gasteiger partial charge in [0.25, 0.3) is 0 Å². The summed E-state index contributed by atoms with van der Waals surface area (Å²) in [6.07, 6.45) is 2.74. The van der Waals surface area contributed by atoms with Crippen LogP contribution in [0.15, 0.2) is 36.9 Å². The summed E-state index contributed by atoms with van der Waals surface area (Å²) in [6, 6.07) is 8.05. The van der Waals surface area contributed by atoms with Gasteiger partial charge in [0.15, 0.2) is 5.05 Å². The molecule has 1 aromatic carbocycles. The molecule has 0 saturated heterocycles. The van der Waals surface area contributed by atoms with Gasteiger partial charge in [-0.15, -0.1) is 6.58 Å². The van der Waals surface area contributed by atoms with Crippen LogP contribution in [0.5, 0.6) is 0 Å². The lowest BCUT2D eigenvalue weighted by atomic mass is 10.1. The first-order valence-corrected chi connectivity index (χ1v) is 5.05. The van der Waals surface area contributed by atoms with Crippen LogP contribution in [0.3, 0.4) is 0 Å². The van der Waals surface area contributed by atoms with E-state index in [1.807, 2.05) is 31.2 Å². The Labute approximate surface area is 90.4 Å². The van der Waals surface area contributed by atoms with Gasteiger partial charge in [0.05, 0.1) is 6.61 Å². The van der Waals surface area contributed by atoms with Crippen LogP contribution >= 0.6 is 12.2 Å². The molecule has 0 N–H and O–H groups in total. The fraction of sp³-hybridized carbons (Fsp3) is 0.250. The Morgan fingerprint density at radius 3 is 3.00 bits per heavy atom. The van der Waals surface area contributed by atoms with Crippen molar-refractivity contribution in [1.29, 1.82) is 0 Å². The molecule has 0 aliphatic rings. The molecule has 0 saturated carbocycles. The van der Waals surface area contributed by atoms with Crippen LogP contribution in [0.1, 0.15) is 18.1 Å². The van der Waals surface area contributed by atoms with E-state index in [1.54, 1.807) is 0 Å². The van der Waals surface area contributed by atoms with Crippen molar-refractivity contribution in [3.8, 4) is 0 Å². The molecule has 0 aromatic heterocycles. The average Bonchev–Trinajstić information content (AvgIpc) is 2.19. The second-order valence-corrected chi connectivity index (χ2v) is 3.28. The minimum atomic E-state index is 0.568. The fourth-order valence-electron chi connectivity index (χ4n) is 1.21. The maximum atomic E-state index is 5.27. The van der Waals surface area contributed by atoms with Crippen LogP contribution in [0, 0.1) is 0 Å². The molecule has 74 valence electrons. The lowest BCUT2D eigenvalue weighted by molar-refractivity contribution is 0.337. The third kappa shape index (κ3) is 2.96. The summed E-state index contributed by atoms with van der Waals surface area (Å²) in [5.74, 6) is 0. The highest BCUT2D eigenvalue weighted by molar-refractivity contribution is 7.80. The molecule has 0 unspecified atom stereocenters. The lowest BCUT2D eigenvalue weighted by Crippen LogP contribution is -2.03. The van der Waals surface area contributed by atoms with E-state index in [9.17, 15) is 0 Å². The summed E-state index contributed by atoms with van der Waals surface area (Å²) >= 11 is 5.12. The summed E-state index contributed by atoms with van der Waals surface area (Å²) in [5.41, 5.74) is 2.18. The van der Waals surface area contributed by atoms with Gasteiger partial charge < -0.3 is 4.74 Å². The molecule has 1 rings (SSSR count). The number of hydrogen-bond donors (Lipinski definition) is 0. The Kier molecular flexibility index (Phi) is 4.33. The molecule has 0 bridgehead atoms. The molecule has 0 radical (unpaired) electrons. The van der Waals surface area contributed by atoms with Crippen molar-refractivity contribution in [3.05, 3.63) is 48.0 Å². The molecule has 1 aromatic rings. The zero-order chi connectivity index (χ0) is 10.4. The van der Waals surface area contributed by atoms with Crippen molar-refractivity contribution in [2.45, 2.75) is 13.3 Å². The topological polar surface area (TPSA) is 9.23 Å². The van der Waals surface area contributed by atoms with Gasteiger partial charge in [-0.1, -0.05) is 24.3 Å². The highest BCUT2D eigenvalue weighted by Gasteiger charge is 2.01. The van der Waals surface area contributed by atoms with Gasteiger partial charge in [0.1, 0.15) is 0 Å². The maximum absolute atomic E-state index is 5.27. The summed E-state index contributed by atoms with van der Waals surface area (Å²) in [6.45, 7) is 6.25. The summed E-state index contributed by atoms with van der Waals surface area (Å²) < 4.78 is 5.27. The predicted octanol–water partition coefficient (Wildman–Crippen LogP) is 3.13. The summed E-state index contributed by atoms with van der Waals surface area (Å²) in [7, 11) is 0.